The molecule has 1 rings (SSSR count). The van der Waals surface area contributed by atoms with Crippen molar-refractivity contribution in [3.05, 3.63) is 42.5 Å². The summed E-state index contributed by atoms with van der Waals surface area (Å²) in [5.74, 6) is -1.26. The first-order chi connectivity index (χ1) is 12.4. The molecule has 2 atom stereocenters. The number of rotatable bonds is 11. The van der Waals surface area contributed by atoms with Gasteiger partial charge in [0.1, 0.15) is 5.75 Å². The highest BCUT2D eigenvalue weighted by molar-refractivity contribution is 5.82. The van der Waals surface area contributed by atoms with Gasteiger partial charge in [-0.3, -0.25) is 4.79 Å². The largest absolute Gasteiger partial charge is 0.454 e. The minimum Gasteiger partial charge on any atom is -0.454 e. The second-order valence-electron chi connectivity index (χ2n) is 5.32. The number of alkyl halides is 2. The van der Waals surface area contributed by atoms with Crippen molar-refractivity contribution < 1.29 is 32.6 Å². The molecule has 0 aliphatic carbocycles. The Balaban J connectivity index is 2.64. The van der Waals surface area contributed by atoms with Crippen molar-refractivity contribution in [3.8, 4) is 5.75 Å². The van der Waals surface area contributed by atoms with Gasteiger partial charge >= 0.3 is 12.6 Å². The van der Waals surface area contributed by atoms with Gasteiger partial charge in [-0.25, -0.2) is 4.79 Å². The summed E-state index contributed by atoms with van der Waals surface area (Å²) in [5, 5.41) is 2.64. The van der Waals surface area contributed by atoms with Crippen LogP contribution >= 0.6 is 0 Å². The molecule has 0 saturated carbocycles. The second kappa shape index (κ2) is 11.2. The van der Waals surface area contributed by atoms with E-state index < -0.39 is 37.2 Å². The van der Waals surface area contributed by atoms with Crippen LogP contribution in [0.5, 0.6) is 5.75 Å². The van der Waals surface area contributed by atoms with Crippen LogP contribution in [0.15, 0.2) is 36.9 Å². The van der Waals surface area contributed by atoms with Crippen molar-refractivity contribution in [3.63, 3.8) is 0 Å². The van der Waals surface area contributed by atoms with Crippen LogP contribution in [0.1, 0.15) is 31.9 Å². The Kier molecular flexibility index (Phi) is 9.29. The highest BCUT2D eigenvalue weighted by atomic mass is 19.3. The molecule has 0 fully saturated rings. The third-order valence-corrected chi connectivity index (χ3v) is 3.40. The summed E-state index contributed by atoms with van der Waals surface area (Å²) >= 11 is 0. The van der Waals surface area contributed by atoms with Crippen molar-refractivity contribution in [2.24, 2.45) is 0 Å². The van der Waals surface area contributed by atoms with Gasteiger partial charge in [0.15, 0.2) is 12.7 Å². The highest BCUT2D eigenvalue weighted by Crippen LogP contribution is 2.28. The molecule has 1 aromatic carbocycles. The van der Waals surface area contributed by atoms with Crippen LogP contribution < -0.4 is 10.1 Å². The second-order valence-corrected chi connectivity index (χ2v) is 5.32. The Hall–Kier alpha value is -2.48. The van der Waals surface area contributed by atoms with Gasteiger partial charge in [0.2, 0.25) is 0 Å². The maximum Gasteiger partial charge on any atom is 0.387 e. The lowest BCUT2D eigenvalue weighted by Crippen LogP contribution is -2.34. The number of carbonyl (C=O) groups is 2. The lowest BCUT2D eigenvalue weighted by atomic mass is 10.0. The number of halogens is 2. The Morgan fingerprint density at radius 3 is 2.62 bits per heavy atom. The Bertz CT molecular complexity index is 609. The third kappa shape index (κ3) is 7.18. The smallest absolute Gasteiger partial charge is 0.387 e. The number of carbonyl (C=O) groups excluding carboxylic acids is 2. The van der Waals surface area contributed by atoms with Gasteiger partial charge in [0, 0.05) is 5.56 Å². The first kappa shape index (κ1) is 21.6. The Morgan fingerprint density at radius 1 is 1.31 bits per heavy atom. The summed E-state index contributed by atoms with van der Waals surface area (Å²) in [5.41, 5.74) is 0.415. The fourth-order valence-corrected chi connectivity index (χ4v) is 2.14. The summed E-state index contributed by atoms with van der Waals surface area (Å²) in [6, 6.07) is 5.63. The third-order valence-electron chi connectivity index (χ3n) is 3.40. The number of nitrogens with one attached hydrogen (secondary N) is 1. The van der Waals surface area contributed by atoms with Gasteiger partial charge in [-0.2, -0.15) is 8.78 Å². The maximum atomic E-state index is 12.5. The molecule has 0 heterocycles. The number of ether oxygens (including phenoxy) is 3. The molecule has 144 valence electrons. The van der Waals surface area contributed by atoms with Gasteiger partial charge in [-0.1, -0.05) is 31.2 Å². The van der Waals surface area contributed by atoms with E-state index in [1.165, 1.54) is 19.1 Å². The summed E-state index contributed by atoms with van der Waals surface area (Å²) in [7, 11) is 0. The molecule has 0 aromatic heterocycles. The van der Waals surface area contributed by atoms with E-state index in [1.54, 1.807) is 25.1 Å². The normalized spacial score (nSPS) is 13.0. The summed E-state index contributed by atoms with van der Waals surface area (Å²) in [6.07, 6.45) is 1.09. The number of esters is 1. The van der Waals surface area contributed by atoms with E-state index in [1.807, 2.05) is 0 Å². The van der Waals surface area contributed by atoms with E-state index in [0.717, 1.165) is 0 Å². The van der Waals surface area contributed by atoms with Crippen LogP contribution in [0.3, 0.4) is 0 Å². The molecule has 1 N–H and O–H groups in total. The number of benzene rings is 1. The van der Waals surface area contributed by atoms with E-state index in [9.17, 15) is 18.4 Å². The molecule has 6 nitrogen and oxygen atoms in total. The minimum atomic E-state index is -2.97. The Morgan fingerprint density at radius 2 is 2.00 bits per heavy atom. The topological polar surface area (TPSA) is 73.9 Å². The first-order valence-corrected chi connectivity index (χ1v) is 8.11. The SMILES string of the molecule is C=CCOC(C)C(=O)OCC(=O)NC(CC)c1ccccc1OC(F)F. The summed E-state index contributed by atoms with van der Waals surface area (Å²) < 4.78 is 39.5. The molecule has 0 bridgehead atoms. The molecule has 0 aliphatic rings. The highest BCUT2D eigenvalue weighted by Gasteiger charge is 2.20. The molecular weight excluding hydrogens is 348 g/mol. The predicted molar refractivity (Wildman–Crippen MR) is 90.8 cm³/mol. The molecule has 1 amide bonds. The first-order valence-electron chi connectivity index (χ1n) is 8.11. The van der Waals surface area contributed by atoms with E-state index in [4.69, 9.17) is 9.47 Å². The molecular formula is C18H23F2NO5. The number of amides is 1. The van der Waals surface area contributed by atoms with Gasteiger partial charge in [-0.15, -0.1) is 6.58 Å². The molecule has 26 heavy (non-hydrogen) atoms. The molecule has 0 saturated heterocycles. The zero-order chi connectivity index (χ0) is 19.5. The molecule has 0 aliphatic heterocycles. The standard InChI is InChI=1S/C18H23F2NO5/c1-4-10-24-12(3)17(23)25-11-16(22)21-14(5-2)13-8-6-7-9-15(13)26-18(19)20/h4,6-9,12,14,18H,1,5,10-11H2,2-3H3,(H,21,22). The Labute approximate surface area is 151 Å². The van der Waals surface area contributed by atoms with Crippen LogP contribution in [0.25, 0.3) is 0 Å². The van der Waals surface area contributed by atoms with Crippen LogP contribution in [0.2, 0.25) is 0 Å². The van der Waals surface area contributed by atoms with E-state index in [2.05, 4.69) is 16.6 Å². The van der Waals surface area contributed by atoms with Crippen molar-refractivity contribution in [2.45, 2.75) is 39.0 Å². The van der Waals surface area contributed by atoms with Crippen molar-refractivity contribution in [2.75, 3.05) is 13.2 Å². The zero-order valence-electron chi connectivity index (χ0n) is 14.7. The zero-order valence-corrected chi connectivity index (χ0v) is 14.7. The maximum absolute atomic E-state index is 12.5. The van der Waals surface area contributed by atoms with E-state index >= 15 is 0 Å². The van der Waals surface area contributed by atoms with Gasteiger partial charge < -0.3 is 19.5 Å². The fourth-order valence-electron chi connectivity index (χ4n) is 2.14. The average Bonchev–Trinajstić information content (AvgIpc) is 2.62. The van der Waals surface area contributed by atoms with Crippen molar-refractivity contribution in [1.82, 2.24) is 5.32 Å². The van der Waals surface area contributed by atoms with Crippen molar-refractivity contribution in [1.29, 1.82) is 0 Å². The van der Waals surface area contributed by atoms with Gasteiger partial charge in [-0.05, 0) is 19.4 Å². The monoisotopic (exact) mass is 371 g/mol. The molecule has 0 spiro atoms. The lowest BCUT2D eigenvalue weighted by Gasteiger charge is -2.20. The number of para-hydroxylation sites is 1. The fraction of sp³-hybridized carbons (Fsp3) is 0.444. The predicted octanol–water partition coefficient (Wildman–Crippen LogP) is 2.99. The van der Waals surface area contributed by atoms with E-state index in [0.29, 0.717) is 12.0 Å². The number of hydrogen-bond acceptors (Lipinski definition) is 5. The quantitative estimate of drug-likeness (QED) is 0.478. The molecule has 1 aromatic rings. The van der Waals surface area contributed by atoms with Gasteiger partial charge in [0.05, 0.1) is 12.6 Å². The minimum absolute atomic E-state index is 0.0157. The summed E-state index contributed by atoms with van der Waals surface area (Å²) in [6.45, 7) is 3.45. The van der Waals surface area contributed by atoms with E-state index in [-0.39, 0.29) is 12.4 Å². The van der Waals surface area contributed by atoms with Crippen LogP contribution in [-0.2, 0) is 19.1 Å². The lowest BCUT2D eigenvalue weighted by molar-refractivity contribution is -0.158. The van der Waals surface area contributed by atoms with Crippen LogP contribution in [0, 0.1) is 0 Å². The average molecular weight is 371 g/mol. The molecule has 0 radical (unpaired) electrons. The van der Waals surface area contributed by atoms with Crippen LogP contribution in [0.4, 0.5) is 8.78 Å². The molecule has 8 heteroatoms. The summed E-state index contributed by atoms with van der Waals surface area (Å²) in [4.78, 5) is 23.7. The number of hydrogen-bond donors (Lipinski definition) is 1. The molecule has 2 unspecified atom stereocenters. The van der Waals surface area contributed by atoms with Crippen LogP contribution in [-0.4, -0.2) is 37.8 Å². The van der Waals surface area contributed by atoms with Gasteiger partial charge in [0.25, 0.3) is 5.91 Å². The van der Waals surface area contributed by atoms with Crippen molar-refractivity contribution >= 4 is 11.9 Å².